The predicted molar refractivity (Wildman–Crippen MR) is 70.9 cm³/mol. The first kappa shape index (κ1) is 14.2. The van der Waals surface area contributed by atoms with Gasteiger partial charge in [-0.3, -0.25) is 0 Å². The van der Waals surface area contributed by atoms with Crippen LogP contribution in [-0.2, 0) is 4.74 Å². The molecule has 1 rings (SSSR count). The molecule has 4 nitrogen and oxygen atoms in total. The molecule has 0 aliphatic heterocycles. The van der Waals surface area contributed by atoms with Gasteiger partial charge in [-0.25, -0.2) is 9.97 Å². The summed E-state index contributed by atoms with van der Waals surface area (Å²) in [5.74, 6) is 2.59. The van der Waals surface area contributed by atoms with Gasteiger partial charge in [-0.05, 0) is 6.92 Å². The van der Waals surface area contributed by atoms with Crippen LogP contribution in [0.4, 0.5) is 5.82 Å². The van der Waals surface area contributed by atoms with E-state index in [1.54, 1.807) is 0 Å². The number of hydrogen-bond donors (Lipinski definition) is 1. The van der Waals surface area contributed by atoms with Crippen molar-refractivity contribution in [2.45, 2.75) is 26.7 Å². The predicted octanol–water partition coefficient (Wildman–Crippen LogP) is 2.58. The third kappa shape index (κ3) is 5.33. The van der Waals surface area contributed by atoms with Gasteiger partial charge in [0.1, 0.15) is 11.6 Å². The SMILES string of the molecule is Cc1cc(NCCOCCCl)nc(C(C)C)n1. The number of halogens is 1. The third-order valence-corrected chi connectivity index (χ3v) is 2.32. The average molecular weight is 258 g/mol. The van der Waals surface area contributed by atoms with Gasteiger partial charge in [-0.1, -0.05) is 13.8 Å². The lowest BCUT2D eigenvalue weighted by atomic mass is 10.2. The summed E-state index contributed by atoms with van der Waals surface area (Å²) in [7, 11) is 0. The van der Waals surface area contributed by atoms with Gasteiger partial charge in [-0.15, -0.1) is 11.6 Å². The lowest BCUT2D eigenvalue weighted by Gasteiger charge is -2.10. The van der Waals surface area contributed by atoms with E-state index in [1.807, 2.05) is 13.0 Å². The van der Waals surface area contributed by atoms with Crippen molar-refractivity contribution >= 4 is 17.4 Å². The van der Waals surface area contributed by atoms with Gasteiger partial charge in [0.05, 0.1) is 13.2 Å². The Kier molecular flexibility index (Phi) is 6.22. The molecule has 0 aliphatic rings. The van der Waals surface area contributed by atoms with E-state index in [0.29, 0.717) is 25.0 Å². The second-order valence-electron chi connectivity index (χ2n) is 4.14. The van der Waals surface area contributed by atoms with Crippen LogP contribution in [0.25, 0.3) is 0 Å². The van der Waals surface area contributed by atoms with Gasteiger partial charge in [-0.2, -0.15) is 0 Å². The van der Waals surface area contributed by atoms with Crippen LogP contribution in [0.5, 0.6) is 0 Å². The molecule has 0 saturated carbocycles. The molecule has 0 amide bonds. The Bertz CT molecular complexity index is 345. The van der Waals surface area contributed by atoms with Crippen LogP contribution in [0.1, 0.15) is 31.3 Å². The topological polar surface area (TPSA) is 47.0 Å². The average Bonchev–Trinajstić information content (AvgIpc) is 2.28. The first-order chi connectivity index (χ1) is 8.13. The summed E-state index contributed by atoms with van der Waals surface area (Å²) in [6, 6.07) is 1.94. The van der Waals surface area contributed by atoms with Crippen molar-refractivity contribution in [1.29, 1.82) is 0 Å². The van der Waals surface area contributed by atoms with E-state index >= 15 is 0 Å². The van der Waals surface area contributed by atoms with Crippen molar-refractivity contribution < 1.29 is 4.74 Å². The van der Waals surface area contributed by atoms with Gasteiger partial charge in [0.25, 0.3) is 0 Å². The van der Waals surface area contributed by atoms with Crippen LogP contribution in [0.2, 0.25) is 0 Å². The minimum atomic E-state index is 0.336. The van der Waals surface area contributed by atoms with Crippen molar-refractivity contribution in [3.05, 3.63) is 17.6 Å². The van der Waals surface area contributed by atoms with Crippen molar-refractivity contribution in [2.75, 3.05) is 31.0 Å². The minimum absolute atomic E-state index is 0.336. The van der Waals surface area contributed by atoms with Crippen LogP contribution < -0.4 is 5.32 Å². The van der Waals surface area contributed by atoms with Crippen LogP contribution >= 0.6 is 11.6 Å². The molecule has 0 unspecified atom stereocenters. The summed E-state index contributed by atoms with van der Waals surface area (Å²) in [6.45, 7) is 8.09. The largest absolute Gasteiger partial charge is 0.378 e. The molecular weight excluding hydrogens is 238 g/mol. The van der Waals surface area contributed by atoms with Crippen molar-refractivity contribution in [3.63, 3.8) is 0 Å². The molecule has 0 radical (unpaired) electrons. The molecular formula is C12H20ClN3O. The molecule has 1 aromatic rings. The number of anilines is 1. The highest BCUT2D eigenvalue weighted by molar-refractivity contribution is 6.17. The number of aryl methyl sites for hydroxylation is 1. The molecule has 0 atom stereocenters. The van der Waals surface area contributed by atoms with E-state index < -0.39 is 0 Å². The molecule has 1 aromatic heterocycles. The zero-order valence-electron chi connectivity index (χ0n) is 10.7. The zero-order chi connectivity index (χ0) is 12.7. The van der Waals surface area contributed by atoms with Crippen molar-refractivity contribution in [2.24, 2.45) is 0 Å². The third-order valence-electron chi connectivity index (χ3n) is 2.16. The van der Waals surface area contributed by atoms with Gasteiger partial charge in [0, 0.05) is 30.1 Å². The van der Waals surface area contributed by atoms with Crippen LogP contribution in [0.3, 0.4) is 0 Å². The number of aromatic nitrogens is 2. The summed E-state index contributed by atoms with van der Waals surface area (Å²) < 4.78 is 5.27. The molecule has 0 aliphatic carbocycles. The quantitative estimate of drug-likeness (QED) is 0.603. The Labute approximate surface area is 108 Å². The van der Waals surface area contributed by atoms with Gasteiger partial charge in [0.2, 0.25) is 0 Å². The maximum Gasteiger partial charge on any atom is 0.133 e. The van der Waals surface area contributed by atoms with Crippen LogP contribution in [-0.4, -0.2) is 35.6 Å². The molecule has 0 saturated heterocycles. The van der Waals surface area contributed by atoms with E-state index in [9.17, 15) is 0 Å². The second kappa shape index (κ2) is 7.45. The molecule has 0 bridgehead atoms. The molecule has 0 fully saturated rings. The lowest BCUT2D eigenvalue weighted by molar-refractivity contribution is 0.160. The van der Waals surface area contributed by atoms with E-state index in [2.05, 4.69) is 29.1 Å². The van der Waals surface area contributed by atoms with Crippen molar-refractivity contribution in [3.8, 4) is 0 Å². The minimum Gasteiger partial charge on any atom is -0.378 e. The summed E-state index contributed by atoms with van der Waals surface area (Å²) in [6.07, 6.45) is 0. The molecule has 17 heavy (non-hydrogen) atoms. The Hall–Kier alpha value is -0.870. The molecule has 5 heteroatoms. The first-order valence-corrected chi connectivity index (χ1v) is 6.40. The maximum absolute atomic E-state index is 5.51. The number of nitrogens with zero attached hydrogens (tertiary/aromatic N) is 2. The number of hydrogen-bond acceptors (Lipinski definition) is 4. The van der Waals surface area contributed by atoms with E-state index in [1.165, 1.54) is 0 Å². The second-order valence-corrected chi connectivity index (χ2v) is 4.51. The molecule has 1 heterocycles. The molecule has 1 N–H and O–H groups in total. The molecule has 96 valence electrons. The first-order valence-electron chi connectivity index (χ1n) is 5.86. The van der Waals surface area contributed by atoms with Crippen LogP contribution in [0.15, 0.2) is 6.07 Å². The summed E-state index contributed by atoms with van der Waals surface area (Å²) in [4.78, 5) is 8.84. The monoisotopic (exact) mass is 257 g/mol. The summed E-state index contributed by atoms with van der Waals surface area (Å²) in [5, 5.41) is 3.22. The van der Waals surface area contributed by atoms with Crippen molar-refractivity contribution in [1.82, 2.24) is 9.97 Å². The fourth-order valence-electron chi connectivity index (χ4n) is 1.35. The van der Waals surface area contributed by atoms with E-state index in [0.717, 1.165) is 23.9 Å². The Balaban J connectivity index is 2.47. The summed E-state index contributed by atoms with van der Waals surface area (Å²) >= 11 is 5.51. The van der Waals surface area contributed by atoms with E-state index in [4.69, 9.17) is 16.3 Å². The number of alkyl halides is 1. The molecule has 0 spiro atoms. The zero-order valence-corrected chi connectivity index (χ0v) is 11.4. The fraction of sp³-hybridized carbons (Fsp3) is 0.667. The molecule has 0 aromatic carbocycles. The Morgan fingerprint density at radius 1 is 1.35 bits per heavy atom. The Morgan fingerprint density at radius 2 is 2.12 bits per heavy atom. The number of nitrogens with one attached hydrogen (secondary N) is 1. The maximum atomic E-state index is 5.51. The van der Waals surface area contributed by atoms with Gasteiger partial charge in [0.15, 0.2) is 0 Å². The lowest BCUT2D eigenvalue weighted by Crippen LogP contribution is -2.13. The normalized spacial score (nSPS) is 10.9. The van der Waals surface area contributed by atoms with Gasteiger partial charge < -0.3 is 10.1 Å². The van der Waals surface area contributed by atoms with E-state index in [-0.39, 0.29) is 0 Å². The fourth-order valence-corrected chi connectivity index (χ4v) is 1.46. The highest BCUT2D eigenvalue weighted by Crippen LogP contribution is 2.13. The van der Waals surface area contributed by atoms with Crippen LogP contribution in [0, 0.1) is 6.92 Å². The highest BCUT2D eigenvalue weighted by atomic mass is 35.5. The smallest absolute Gasteiger partial charge is 0.133 e. The summed E-state index contributed by atoms with van der Waals surface area (Å²) in [5.41, 5.74) is 0.980. The Morgan fingerprint density at radius 3 is 2.76 bits per heavy atom. The standard InChI is InChI=1S/C12H20ClN3O/c1-9(2)12-15-10(3)8-11(16-12)14-5-7-17-6-4-13/h8-9H,4-7H2,1-3H3,(H,14,15,16). The number of rotatable bonds is 7. The number of ether oxygens (including phenoxy) is 1. The van der Waals surface area contributed by atoms with Gasteiger partial charge >= 0.3 is 0 Å². The highest BCUT2D eigenvalue weighted by Gasteiger charge is 2.05.